The molecule has 0 amide bonds. The lowest BCUT2D eigenvalue weighted by Crippen LogP contribution is -2.41. The predicted octanol–water partition coefficient (Wildman–Crippen LogP) is 1.85. The summed E-state index contributed by atoms with van der Waals surface area (Å²) in [5.41, 5.74) is 2.02. The molecule has 0 aromatic heterocycles. The lowest BCUT2D eigenvalue weighted by atomic mass is 9.89. The molecular weight excluding hydrogens is 230 g/mol. The van der Waals surface area contributed by atoms with Crippen LogP contribution in [0.4, 0.5) is 5.69 Å². The number of aliphatic carboxylic acids is 1. The first-order valence-corrected chi connectivity index (χ1v) is 6.43. The number of para-hydroxylation sites is 1. The van der Waals surface area contributed by atoms with Crippen molar-refractivity contribution in [3.8, 4) is 0 Å². The molecule has 0 aliphatic carbocycles. The number of hydrogen-bond acceptors (Lipinski definition) is 3. The van der Waals surface area contributed by atoms with E-state index < -0.39 is 5.97 Å². The average molecular weight is 247 g/mol. The number of anilines is 1. The average Bonchev–Trinajstić information content (AvgIpc) is 2.91. The van der Waals surface area contributed by atoms with Gasteiger partial charge in [-0.05, 0) is 24.5 Å². The molecule has 2 heterocycles. The van der Waals surface area contributed by atoms with Crippen LogP contribution in [0.3, 0.4) is 0 Å². The molecule has 2 unspecified atom stereocenters. The van der Waals surface area contributed by atoms with Crippen LogP contribution < -0.4 is 4.90 Å². The maximum atomic E-state index is 11.3. The molecule has 18 heavy (non-hydrogen) atoms. The Labute approximate surface area is 106 Å². The number of fused-ring (bicyclic) bond motifs is 1. The SMILES string of the molecule is O=C(O)C1CCN(C2CCOC2)c2ccccc21. The number of ether oxygens (including phenoxy) is 1. The van der Waals surface area contributed by atoms with E-state index in [9.17, 15) is 9.90 Å². The van der Waals surface area contributed by atoms with E-state index in [0.717, 1.165) is 37.4 Å². The Morgan fingerprint density at radius 1 is 1.33 bits per heavy atom. The topological polar surface area (TPSA) is 49.8 Å². The van der Waals surface area contributed by atoms with Crippen molar-refractivity contribution in [3.63, 3.8) is 0 Å². The molecule has 1 N–H and O–H groups in total. The van der Waals surface area contributed by atoms with Crippen LogP contribution in [0.15, 0.2) is 24.3 Å². The van der Waals surface area contributed by atoms with E-state index in [1.54, 1.807) is 0 Å². The summed E-state index contributed by atoms with van der Waals surface area (Å²) in [6.07, 6.45) is 1.72. The first-order chi connectivity index (χ1) is 8.77. The van der Waals surface area contributed by atoms with Crippen LogP contribution in [0.5, 0.6) is 0 Å². The monoisotopic (exact) mass is 247 g/mol. The zero-order valence-corrected chi connectivity index (χ0v) is 10.2. The molecule has 4 nitrogen and oxygen atoms in total. The molecule has 0 saturated carbocycles. The highest BCUT2D eigenvalue weighted by Gasteiger charge is 2.33. The first-order valence-electron chi connectivity index (χ1n) is 6.43. The molecule has 3 rings (SSSR count). The Morgan fingerprint density at radius 3 is 2.89 bits per heavy atom. The van der Waals surface area contributed by atoms with Gasteiger partial charge in [0.2, 0.25) is 0 Å². The summed E-state index contributed by atoms with van der Waals surface area (Å²) in [7, 11) is 0. The molecular formula is C14H17NO3. The van der Waals surface area contributed by atoms with Crippen molar-refractivity contribution in [1.82, 2.24) is 0 Å². The summed E-state index contributed by atoms with van der Waals surface area (Å²) < 4.78 is 5.44. The lowest BCUT2D eigenvalue weighted by molar-refractivity contribution is -0.139. The van der Waals surface area contributed by atoms with E-state index in [0.29, 0.717) is 12.5 Å². The van der Waals surface area contributed by atoms with Gasteiger partial charge in [-0.1, -0.05) is 18.2 Å². The van der Waals surface area contributed by atoms with Crippen LogP contribution >= 0.6 is 0 Å². The molecule has 1 saturated heterocycles. The maximum absolute atomic E-state index is 11.3. The van der Waals surface area contributed by atoms with Gasteiger partial charge >= 0.3 is 5.97 Å². The second kappa shape index (κ2) is 4.61. The normalized spacial score (nSPS) is 27.0. The van der Waals surface area contributed by atoms with Crippen LogP contribution in [0.25, 0.3) is 0 Å². The van der Waals surface area contributed by atoms with Crippen LogP contribution in [-0.2, 0) is 9.53 Å². The van der Waals surface area contributed by atoms with E-state index in [2.05, 4.69) is 4.90 Å². The van der Waals surface area contributed by atoms with Gasteiger partial charge in [0.05, 0.1) is 18.6 Å². The number of benzene rings is 1. The summed E-state index contributed by atoms with van der Waals surface area (Å²) in [6, 6.07) is 8.27. The fourth-order valence-corrected chi connectivity index (χ4v) is 2.99. The fraction of sp³-hybridized carbons (Fsp3) is 0.500. The Balaban J connectivity index is 1.96. The Morgan fingerprint density at radius 2 is 2.17 bits per heavy atom. The highest BCUT2D eigenvalue weighted by atomic mass is 16.5. The highest BCUT2D eigenvalue weighted by Crippen LogP contribution is 2.37. The number of nitrogens with zero attached hydrogens (tertiary/aromatic N) is 1. The third-order valence-electron chi connectivity index (χ3n) is 3.92. The van der Waals surface area contributed by atoms with Crippen molar-refractivity contribution in [3.05, 3.63) is 29.8 Å². The first kappa shape index (κ1) is 11.5. The van der Waals surface area contributed by atoms with E-state index >= 15 is 0 Å². The summed E-state index contributed by atoms with van der Waals surface area (Å²) >= 11 is 0. The van der Waals surface area contributed by atoms with Gasteiger partial charge in [-0.2, -0.15) is 0 Å². The molecule has 1 aromatic carbocycles. The predicted molar refractivity (Wildman–Crippen MR) is 68.0 cm³/mol. The Kier molecular flexibility index (Phi) is 2.96. The van der Waals surface area contributed by atoms with Gasteiger partial charge in [0, 0.05) is 18.8 Å². The minimum absolute atomic E-state index is 0.361. The van der Waals surface area contributed by atoms with Crippen molar-refractivity contribution in [2.24, 2.45) is 0 Å². The second-order valence-electron chi connectivity index (χ2n) is 4.95. The summed E-state index contributed by atoms with van der Waals surface area (Å²) in [6.45, 7) is 2.37. The van der Waals surface area contributed by atoms with E-state index in [1.165, 1.54) is 0 Å². The maximum Gasteiger partial charge on any atom is 0.311 e. The third kappa shape index (κ3) is 1.86. The summed E-state index contributed by atoms with van der Waals surface area (Å²) in [5, 5.41) is 9.29. The Bertz CT molecular complexity index is 454. The fourth-order valence-electron chi connectivity index (χ4n) is 2.99. The van der Waals surface area contributed by atoms with E-state index in [4.69, 9.17) is 4.74 Å². The zero-order valence-electron chi connectivity index (χ0n) is 10.2. The van der Waals surface area contributed by atoms with Gasteiger partial charge in [-0.25, -0.2) is 0 Å². The molecule has 2 atom stereocenters. The van der Waals surface area contributed by atoms with Crippen molar-refractivity contribution < 1.29 is 14.6 Å². The van der Waals surface area contributed by atoms with Gasteiger partial charge in [0.1, 0.15) is 0 Å². The lowest BCUT2D eigenvalue weighted by Gasteiger charge is -2.37. The highest BCUT2D eigenvalue weighted by molar-refractivity contribution is 5.80. The standard InChI is InChI=1S/C14H17NO3/c16-14(17)12-5-7-15(10-6-8-18-9-10)13-4-2-1-3-11(12)13/h1-4,10,12H,5-9H2,(H,16,17). The van der Waals surface area contributed by atoms with Crippen molar-refractivity contribution >= 4 is 11.7 Å². The molecule has 1 fully saturated rings. The van der Waals surface area contributed by atoms with Gasteiger partial charge in [-0.15, -0.1) is 0 Å². The van der Waals surface area contributed by atoms with E-state index in [-0.39, 0.29) is 5.92 Å². The van der Waals surface area contributed by atoms with Crippen molar-refractivity contribution in [1.29, 1.82) is 0 Å². The number of carboxylic acids is 1. The van der Waals surface area contributed by atoms with Crippen molar-refractivity contribution in [2.45, 2.75) is 24.8 Å². The molecule has 2 aliphatic rings. The zero-order chi connectivity index (χ0) is 12.5. The Hall–Kier alpha value is -1.55. The molecule has 0 spiro atoms. The van der Waals surface area contributed by atoms with Crippen LogP contribution in [0.2, 0.25) is 0 Å². The third-order valence-corrected chi connectivity index (χ3v) is 3.92. The van der Waals surface area contributed by atoms with Gasteiger partial charge in [0.15, 0.2) is 0 Å². The number of carbonyl (C=O) groups is 1. The van der Waals surface area contributed by atoms with Crippen LogP contribution in [0.1, 0.15) is 24.3 Å². The van der Waals surface area contributed by atoms with Gasteiger partial charge < -0.3 is 14.7 Å². The molecule has 0 bridgehead atoms. The molecule has 2 aliphatic heterocycles. The minimum atomic E-state index is -0.718. The second-order valence-corrected chi connectivity index (χ2v) is 4.95. The van der Waals surface area contributed by atoms with E-state index in [1.807, 2.05) is 24.3 Å². The number of hydrogen-bond donors (Lipinski definition) is 1. The summed E-state index contributed by atoms with van der Waals surface area (Å²) in [5.74, 6) is -1.08. The smallest absolute Gasteiger partial charge is 0.311 e. The minimum Gasteiger partial charge on any atom is -0.481 e. The van der Waals surface area contributed by atoms with Crippen LogP contribution in [-0.4, -0.2) is 36.9 Å². The largest absolute Gasteiger partial charge is 0.481 e. The summed E-state index contributed by atoms with van der Waals surface area (Å²) in [4.78, 5) is 13.6. The van der Waals surface area contributed by atoms with Crippen LogP contribution in [0, 0.1) is 0 Å². The molecule has 0 radical (unpaired) electrons. The van der Waals surface area contributed by atoms with Gasteiger partial charge in [-0.3, -0.25) is 4.79 Å². The number of rotatable bonds is 2. The number of carboxylic acid groups (broad SMARTS) is 1. The molecule has 1 aromatic rings. The van der Waals surface area contributed by atoms with Crippen molar-refractivity contribution in [2.75, 3.05) is 24.7 Å². The quantitative estimate of drug-likeness (QED) is 0.866. The van der Waals surface area contributed by atoms with Gasteiger partial charge in [0.25, 0.3) is 0 Å². The molecule has 4 heteroatoms. The molecule has 96 valence electrons.